The molecule has 112 valence electrons. The summed E-state index contributed by atoms with van der Waals surface area (Å²) in [6, 6.07) is 3.78. The first kappa shape index (κ1) is 15.6. The second kappa shape index (κ2) is 6.76. The van der Waals surface area contributed by atoms with Crippen molar-refractivity contribution in [2.24, 2.45) is 5.92 Å². The van der Waals surface area contributed by atoms with E-state index in [1.54, 1.807) is 6.20 Å². The summed E-state index contributed by atoms with van der Waals surface area (Å²) in [7, 11) is 0. The molecule has 3 nitrogen and oxygen atoms in total. The Kier molecular flexibility index (Phi) is 5.26. The van der Waals surface area contributed by atoms with E-state index in [0.717, 1.165) is 29.7 Å². The number of alkyl halides is 3. The van der Waals surface area contributed by atoms with Gasteiger partial charge in [0.25, 0.3) is 0 Å². The number of halogens is 4. The van der Waals surface area contributed by atoms with Crippen molar-refractivity contribution in [2.75, 3.05) is 31.5 Å². The van der Waals surface area contributed by atoms with E-state index in [1.165, 1.54) is 4.90 Å². The van der Waals surface area contributed by atoms with Crippen LogP contribution in [-0.4, -0.2) is 42.2 Å². The summed E-state index contributed by atoms with van der Waals surface area (Å²) >= 11 is 3.32. The van der Waals surface area contributed by atoms with Gasteiger partial charge in [0.1, 0.15) is 5.82 Å². The predicted octanol–water partition coefficient (Wildman–Crippen LogP) is 3.53. The first-order chi connectivity index (χ1) is 9.42. The summed E-state index contributed by atoms with van der Waals surface area (Å²) < 4.78 is 37.7. The molecule has 1 N–H and O–H groups in total. The van der Waals surface area contributed by atoms with Gasteiger partial charge in [-0.2, -0.15) is 13.2 Å². The molecule has 20 heavy (non-hydrogen) atoms. The van der Waals surface area contributed by atoms with Crippen LogP contribution in [0.15, 0.2) is 22.8 Å². The number of pyridine rings is 1. The Hall–Kier alpha value is -0.820. The third kappa shape index (κ3) is 5.28. The number of piperidine rings is 1. The van der Waals surface area contributed by atoms with Crippen LogP contribution in [0.5, 0.6) is 0 Å². The van der Waals surface area contributed by atoms with Crippen LogP contribution >= 0.6 is 15.9 Å². The van der Waals surface area contributed by atoms with Gasteiger partial charge in [-0.1, -0.05) is 0 Å². The molecule has 1 saturated heterocycles. The van der Waals surface area contributed by atoms with Gasteiger partial charge >= 0.3 is 6.18 Å². The molecule has 1 aliphatic rings. The molecule has 0 aromatic carbocycles. The zero-order chi connectivity index (χ0) is 14.6. The fourth-order valence-electron chi connectivity index (χ4n) is 2.33. The first-order valence-corrected chi connectivity index (χ1v) is 7.36. The third-order valence-electron chi connectivity index (χ3n) is 3.41. The lowest BCUT2D eigenvalue weighted by Gasteiger charge is -2.32. The first-order valence-electron chi connectivity index (χ1n) is 6.57. The van der Waals surface area contributed by atoms with Gasteiger partial charge in [-0.25, -0.2) is 4.98 Å². The molecule has 2 rings (SSSR count). The molecule has 1 aromatic rings. The molecule has 1 aromatic heterocycles. The number of hydrogen-bond acceptors (Lipinski definition) is 3. The van der Waals surface area contributed by atoms with Crippen LogP contribution in [0.2, 0.25) is 0 Å². The average molecular weight is 352 g/mol. The van der Waals surface area contributed by atoms with Crippen LogP contribution in [0.1, 0.15) is 12.8 Å². The van der Waals surface area contributed by atoms with Crippen molar-refractivity contribution in [1.29, 1.82) is 0 Å². The molecule has 0 amide bonds. The minimum atomic E-state index is -4.09. The highest BCUT2D eigenvalue weighted by Crippen LogP contribution is 2.22. The topological polar surface area (TPSA) is 28.2 Å². The second-order valence-electron chi connectivity index (χ2n) is 5.08. The van der Waals surface area contributed by atoms with E-state index in [2.05, 4.69) is 26.2 Å². The summed E-state index contributed by atoms with van der Waals surface area (Å²) in [5.74, 6) is 1.20. The number of aromatic nitrogens is 1. The number of hydrogen-bond donors (Lipinski definition) is 1. The number of anilines is 1. The van der Waals surface area contributed by atoms with Crippen LogP contribution in [0.3, 0.4) is 0 Å². The molecule has 0 saturated carbocycles. The zero-order valence-corrected chi connectivity index (χ0v) is 12.5. The van der Waals surface area contributed by atoms with Gasteiger partial charge in [-0.3, -0.25) is 4.90 Å². The average Bonchev–Trinajstić information content (AvgIpc) is 2.38. The SMILES string of the molecule is FC(F)(F)CN1CCC(CNc2ccc(Br)cn2)CC1. The van der Waals surface area contributed by atoms with Crippen molar-refractivity contribution in [3.05, 3.63) is 22.8 Å². The van der Waals surface area contributed by atoms with Crippen LogP contribution in [0, 0.1) is 5.92 Å². The van der Waals surface area contributed by atoms with E-state index in [4.69, 9.17) is 0 Å². The maximum absolute atomic E-state index is 12.3. The Balaban J connectivity index is 1.70. The highest BCUT2D eigenvalue weighted by Gasteiger charge is 2.32. The van der Waals surface area contributed by atoms with Gasteiger partial charge in [0.2, 0.25) is 0 Å². The number of nitrogens with one attached hydrogen (secondary N) is 1. The van der Waals surface area contributed by atoms with Crippen molar-refractivity contribution in [2.45, 2.75) is 19.0 Å². The molecule has 0 bridgehead atoms. The van der Waals surface area contributed by atoms with Gasteiger partial charge in [-0.05, 0) is 59.9 Å². The van der Waals surface area contributed by atoms with E-state index in [-0.39, 0.29) is 0 Å². The number of likely N-dealkylation sites (tertiary alicyclic amines) is 1. The fourth-order valence-corrected chi connectivity index (χ4v) is 2.57. The Bertz CT molecular complexity index is 414. The number of rotatable bonds is 4. The molecule has 1 fully saturated rings. The zero-order valence-electron chi connectivity index (χ0n) is 11.0. The van der Waals surface area contributed by atoms with Crippen molar-refractivity contribution in [3.63, 3.8) is 0 Å². The maximum Gasteiger partial charge on any atom is 0.401 e. The summed E-state index contributed by atoms with van der Waals surface area (Å²) in [4.78, 5) is 5.69. The van der Waals surface area contributed by atoms with Crippen molar-refractivity contribution in [1.82, 2.24) is 9.88 Å². The van der Waals surface area contributed by atoms with Gasteiger partial charge in [0.05, 0.1) is 6.54 Å². The predicted molar refractivity (Wildman–Crippen MR) is 75.6 cm³/mol. The van der Waals surface area contributed by atoms with Gasteiger partial charge < -0.3 is 5.32 Å². The lowest BCUT2D eigenvalue weighted by Crippen LogP contribution is -2.41. The molecule has 1 aliphatic heterocycles. The summed E-state index contributed by atoms with van der Waals surface area (Å²) in [5.41, 5.74) is 0. The fraction of sp³-hybridized carbons (Fsp3) is 0.615. The van der Waals surface area contributed by atoms with E-state index in [1.807, 2.05) is 12.1 Å². The highest BCUT2D eigenvalue weighted by molar-refractivity contribution is 9.10. The van der Waals surface area contributed by atoms with Crippen molar-refractivity contribution >= 4 is 21.7 Å². The molecule has 0 unspecified atom stereocenters. The quantitative estimate of drug-likeness (QED) is 0.899. The molecular formula is C13H17BrF3N3. The van der Waals surface area contributed by atoms with Crippen LogP contribution in [0.25, 0.3) is 0 Å². The lowest BCUT2D eigenvalue weighted by molar-refractivity contribution is -0.148. The number of nitrogens with zero attached hydrogens (tertiary/aromatic N) is 2. The summed E-state index contributed by atoms with van der Waals surface area (Å²) in [6.45, 7) is 0.995. The minimum absolute atomic E-state index is 0.407. The van der Waals surface area contributed by atoms with Crippen LogP contribution in [0.4, 0.5) is 19.0 Å². The lowest BCUT2D eigenvalue weighted by atomic mass is 9.97. The Morgan fingerprint density at radius 1 is 1.30 bits per heavy atom. The maximum atomic E-state index is 12.3. The smallest absolute Gasteiger partial charge is 0.370 e. The standard InChI is InChI=1S/C13H17BrF3N3/c14-11-1-2-12(19-8-11)18-7-10-3-5-20(6-4-10)9-13(15,16)17/h1-2,8,10H,3-7,9H2,(H,18,19). The molecule has 0 atom stereocenters. The largest absolute Gasteiger partial charge is 0.401 e. The van der Waals surface area contributed by atoms with Gasteiger partial charge in [-0.15, -0.1) is 0 Å². The van der Waals surface area contributed by atoms with E-state index < -0.39 is 12.7 Å². The van der Waals surface area contributed by atoms with E-state index in [0.29, 0.717) is 19.0 Å². The van der Waals surface area contributed by atoms with Gasteiger partial charge in [0.15, 0.2) is 0 Å². The molecule has 7 heteroatoms. The van der Waals surface area contributed by atoms with Crippen molar-refractivity contribution < 1.29 is 13.2 Å². The molecule has 2 heterocycles. The normalized spacial score (nSPS) is 18.2. The van der Waals surface area contributed by atoms with Crippen LogP contribution in [-0.2, 0) is 0 Å². The third-order valence-corrected chi connectivity index (χ3v) is 3.88. The minimum Gasteiger partial charge on any atom is -0.370 e. The monoisotopic (exact) mass is 351 g/mol. The Labute approximate surface area is 124 Å². The van der Waals surface area contributed by atoms with Crippen LogP contribution < -0.4 is 5.32 Å². The van der Waals surface area contributed by atoms with E-state index in [9.17, 15) is 13.2 Å². The molecule has 0 radical (unpaired) electrons. The molecule has 0 spiro atoms. The Morgan fingerprint density at radius 2 is 2.00 bits per heavy atom. The molecule has 0 aliphatic carbocycles. The van der Waals surface area contributed by atoms with Crippen molar-refractivity contribution in [3.8, 4) is 0 Å². The molecular weight excluding hydrogens is 335 g/mol. The summed E-state index contributed by atoms with van der Waals surface area (Å²) in [6.07, 6.45) is -0.792. The second-order valence-corrected chi connectivity index (χ2v) is 5.99. The van der Waals surface area contributed by atoms with Gasteiger partial charge in [0, 0.05) is 17.2 Å². The van der Waals surface area contributed by atoms with E-state index >= 15 is 0 Å². The summed E-state index contributed by atoms with van der Waals surface area (Å²) in [5, 5.41) is 3.23. The highest BCUT2D eigenvalue weighted by atomic mass is 79.9. The Morgan fingerprint density at radius 3 is 2.55 bits per heavy atom.